The van der Waals surface area contributed by atoms with Gasteiger partial charge >= 0.3 is 0 Å². The number of rotatable bonds is 5. The number of benzene rings is 1. The Morgan fingerprint density at radius 1 is 1.33 bits per heavy atom. The van der Waals surface area contributed by atoms with E-state index in [1.807, 2.05) is 36.5 Å². The maximum Gasteiger partial charge on any atom is 0.271 e. The molecule has 4 heteroatoms. The predicted octanol–water partition coefficient (Wildman–Crippen LogP) is 2.24. The minimum atomic E-state index is -0.475. The number of carbonyl (C=O) groups is 1. The summed E-state index contributed by atoms with van der Waals surface area (Å²) in [7, 11) is 0. The van der Waals surface area contributed by atoms with Gasteiger partial charge in [-0.15, -0.1) is 0 Å². The molecule has 0 aromatic heterocycles. The third-order valence-corrected chi connectivity index (χ3v) is 2.73. The quantitative estimate of drug-likeness (QED) is 0.810. The second kappa shape index (κ2) is 6.21. The van der Waals surface area contributed by atoms with Gasteiger partial charge in [0.15, 0.2) is 6.10 Å². The number of ether oxygens (including phenoxy) is 1. The first-order valence-electron chi connectivity index (χ1n) is 6.26. The van der Waals surface area contributed by atoms with E-state index >= 15 is 0 Å². The molecule has 1 aromatic rings. The standard InChI is InChI=1S/C14H18N2O2/c1-2-3-11-18-13-9-10-16(15-14(13)17)12-7-5-4-6-8-12/h4-10,13H,2-3,11H2,1H3,(H,15,17). The molecule has 2 rings (SSSR count). The summed E-state index contributed by atoms with van der Waals surface area (Å²) >= 11 is 0. The Bertz CT molecular complexity index is 417. The zero-order chi connectivity index (χ0) is 12.8. The van der Waals surface area contributed by atoms with Crippen LogP contribution in [0.3, 0.4) is 0 Å². The maximum absolute atomic E-state index is 11.8. The molecule has 1 unspecified atom stereocenters. The van der Waals surface area contributed by atoms with E-state index in [4.69, 9.17) is 4.74 Å². The SMILES string of the molecule is CCCCOC1C=CN(c2ccccc2)NC1=O. The van der Waals surface area contributed by atoms with Crippen molar-refractivity contribution < 1.29 is 9.53 Å². The Hall–Kier alpha value is -1.81. The lowest BCUT2D eigenvalue weighted by molar-refractivity contribution is -0.130. The number of unbranched alkanes of at least 4 members (excludes halogenated alkanes) is 1. The average molecular weight is 246 g/mol. The summed E-state index contributed by atoms with van der Waals surface area (Å²) in [6, 6.07) is 9.67. The van der Waals surface area contributed by atoms with Crippen LogP contribution < -0.4 is 10.4 Å². The minimum Gasteiger partial charge on any atom is -0.364 e. The van der Waals surface area contributed by atoms with Crippen LogP contribution in [0.2, 0.25) is 0 Å². The molecule has 1 amide bonds. The van der Waals surface area contributed by atoms with E-state index in [9.17, 15) is 4.79 Å². The number of para-hydroxylation sites is 1. The number of nitrogens with one attached hydrogen (secondary N) is 1. The molecule has 1 N–H and O–H groups in total. The van der Waals surface area contributed by atoms with E-state index in [1.165, 1.54) is 0 Å². The topological polar surface area (TPSA) is 41.6 Å². The van der Waals surface area contributed by atoms with Crippen molar-refractivity contribution in [2.75, 3.05) is 11.6 Å². The Morgan fingerprint density at radius 3 is 2.78 bits per heavy atom. The number of hydrogen-bond acceptors (Lipinski definition) is 3. The van der Waals surface area contributed by atoms with Crippen LogP contribution in [0.1, 0.15) is 19.8 Å². The molecule has 0 saturated carbocycles. The van der Waals surface area contributed by atoms with Crippen LogP contribution >= 0.6 is 0 Å². The predicted molar refractivity (Wildman–Crippen MR) is 70.9 cm³/mol. The molecule has 1 heterocycles. The third-order valence-electron chi connectivity index (χ3n) is 2.73. The van der Waals surface area contributed by atoms with E-state index in [-0.39, 0.29) is 5.91 Å². The fraction of sp³-hybridized carbons (Fsp3) is 0.357. The molecule has 1 aliphatic rings. The molecule has 0 fully saturated rings. The summed E-state index contributed by atoms with van der Waals surface area (Å²) in [5.74, 6) is -0.127. The first-order chi connectivity index (χ1) is 8.81. The molecule has 1 aromatic carbocycles. The van der Waals surface area contributed by atoms with Crippen molar-refractivity contribution in [3.63, 3.8) is 0 Å². The number of nitrogens with zero attached hydrogens (tertiary/aromatic N) is 1. The fourth-order valence-corrected chi connectivity index (χ4v) is 1.70. The minimum absolute atomic E-state index is 0.127. The number of anilines is 1. The van der Waals surface area contributed by atoms with E-state index in [2.05, 4.69) is 12.3 Å². The molecule has 18 heavy (non-hydrogen) atoms. The van der Waals surface area contributed by atoms with Crippen molar-refractivity contribution in [1.82, 2.24) is 5.43 Å². The van der Waals surface area contributed by atoms with Crippen molar-refractivity contribution in [2.24, 2.45) is 0 Å². The monoisotopic (exact) mass is 246 g/mol. The number of hydrogen-bond donors (Lipinski definition) is 1. The van der Waals surface area contributed by atoms with Gasteiger partial charge in [0, 0.05) is 12.8 Å². The largest absolute Gasteiger partial charge is 0.364 e. The second-order valence-electron chi connectivity index (χ2n) is 4.17. The second-order valence-corrected chi connectivity index (χ2v) is 4.17. The van der Waals surface area contributed by atoms with Gasteiger partial charge in [-0.3, -0.25) is 15.2 Å². The zero-order valence-electron chi connectivity index (χ0n) is 10.5. The Labute approximate surface area is 107 Å². The Morgan fingerprint density at radius 2 is 2.11 bits per heavy atom. The zero-order valence-corrected chi connectivity index (χ0v) is 10.5. The number of hydrazine groups is 1. The van der Waals surface area contributed by atoms with Gasteiger partial charge in [-0.05, 0) is 24.6 Å². The molecule has 4 nitrogen and oxygen atoms in total. The normalized spacial score (nSPS) is 18.8. The maximum atomic E-state index is 11.8. The van der Waals surface area contributed by atoms with Crippen molar-refractivity contribution in [2.45, 2.75) is 25.9 Å². The molecule has 0 radical (unpaired) electrons. The van der Waals surface area contributed by atoms with Gasteiger partial charge in [-0.25, -0.2) is 0 Å². The van der Waals surface area contributed by atoms with E-state index in [0.29, 0.717) is 6.61 Å². The van der Waals surface area contributed by atoms with Gasteiger partial charge in [-0.2, -0.15) is 0 Å². The molecular formula is C14H18N2O2. The number of carbonyl (C=O) groups excluding carboxylic acids is 1. The lowest BCUT2D eigenvalue weighted by Gasteiger charge is -2.28. The highest BCUT2D eigenvalue weighted by atomic mass is 16.5. The van der Waals surface area contributed by atoms with Gasteiger partial charge in [-0.1, -0.05) is 31.5 Å². The van der Waals surface area contributed by atoms with Crippen molar-refractivity contribution in [3.05, 3.63) is 42.6 Å². The van der Waals surface area contributed by atoms with Gasteiger partial charge in [0.1, 0.15) is 0 Å². The third kappa shape index (κ3) is 3.11. The summed E-state index contributed by atoms with van der Waals surface area (Å²) in [6.45, 7) is 2.71. The van der Waals surface area contributed by atoms with Crippen molar-refractivity contribution in [3.8, 4) is 0 Å². The highest BCUT2D eigenvalue weighted by molar-refractivity contribution is 5.86. The number of amides is 1. The first kappa shape index (κ1) is 12.6. The van der Waals surface area contributed by atoms with Crippen LogP contribution in [0, 0.1) is 0 Å². The molecular weight excluding hydrogens is 228 g/mol. The summed E-state index contributed by atoms with van der Waals surface area (Å²) in [4.78, 5) is 11.8. The van der Waals surface area contributed by atoms with Crippen LogP contribution in [0.25, 0.3) is 0 Å². The highest BCUT2D eigenvalue weighted by Gasteiger charge is 2.22. The Balaban J connectivity index is 1.96. The van der Waals surface area contributed by atoms with Gasteiger partial charge in [0.05, 0.1) is 5.69 Å². The van der Waals surface area contributed by atoms with Crippen LogP contribution in [0.5, 0.6) is 0 Å². The summed E-state index contributed by atoms with van der Waals surface area (Å²) in [5, 5.41) is 1.70. The molecule has 96 valence electrons. The molecule has 1 atom stereocenters. The van der Waals surface area contributed by atoms with E-state index < -0.39 is 6.10 Å². The van der Waals surface area contributed by atoms with Crippen LogP contribution in [0.15, 0.2) is 42.6 Å². The molecule has 0 spiro atoms. The molecule has 1 aliphatic heterocycles. The average Bonchev–Trinajstić information content (AvgIpc) is 2.42. The summed E-state index contributed by atoms with van der Waals surface area (Å²) < 4.78 is 5.49. The van der Waals surface area contributed by atoms with E-state index in [0.717, 1.165) is 18.5 Å². The smallest absolute Gasteiger partial charge is 0.271 e. The molecule has 0 bridgehead atoms. The van der Waals surface area contributed by atoms with Crippen LogP contribution in [0.4, 0.5) is 5.69 Å². The molecule has 0 saturated heterocycles. The van der Waals surface area contributed by atoms with Crippen molar-refractivity contribution >= 4 is 11.6 Å². The van der Waals surface area contributed by atoms with Crippen molar-refractivity contribution in [1.29, 1.82) is 0 Å². The summed E-state index contributed by atoms with van der Waals surface area (Å²) in [6.07, 6.45) is 5.17. The first-order valence-corrected chi connectivity index (χ1v) is 6.26. The highest BCUT2D eigenvalue weighted by Crippen LogP contribution is 2.15. The van der Waals surface area contributed by atoms with Gasteiger partial charge in [0.25, 0.3) is 5.91 Å². The van der Waals surface area contributed by atoms with E-state index in [1.54, 1.807) is 11.1 Å². The lowest BCUT2D eigenvalue weighted by Crippen LogP contribution is -2.48. The van der Waals surface area contributed by atoms with Gasteiger partial charge in [0.2, 0.25) is 0 Å². The molecule has 0 aliphatic carbocycles. The lowest BCUT2D eigenvalue weighted by atomic mass is 10.2. The van der Waals surface area contributed by atoms with Gasteiger partial charge < -0.3 is 4.74 Å². The Kier molecular flexibility index (Phi) is 4.36. The van der Waals surface area contributed by atoms with Crippen LogP contribution in [-0.2, 0) is 9.53 Å². The van der Waals surface area contributed by atoms with Crippen LogP contribution in [-0.4, -0.2) is 18.6 Å². The fourth-order valence-electron chi connectivity index (χ4n) is 1.70. The summed E-state index contributed by atoms with van der Waals surface area (Å²) in [5.41, 5.74) is 3.72.